The molecule has 2 rings (SSSR count). The van der Waals surface area contributed by atoms with Gasteiger partial charge in [-0.15, -0.1) is 0 Å². The molecule has 0 spiro atoms. The largest absolute Gasteiger partial charge is 0.494 e. The number of halogens is 1. The molecule has 0 fully saturated rings. The molecule has 0 saturated heterocycles. The van der Waals surface area contributed by atoms with E-state index in [1.807, 2.05) is 31.2 Å². The van der Waals surface area contributed by atoms with Crippen molar-refractivity contribution >= 4 is 5.91 Å². The molecule has 1 N–H and O–H groups in total. The summed E-state index contributed by atoms with van der Waals surface area (Å²) >= 11 is 0. The van der Waals surface area contributed by atoms with E-state index in [4.69, 9.17) is 14.2 Å². The number of hydrogen-bond donors (Lipinski definition) is 1. The van der Waals surface area contributed by atoms with Gasteiger partial charge in [0.2, 0.25) is 0 Å². The Morgan fingerprint density at radius 3 is 2.40 bits per heavy atom. The molecule has 25 heavy (non-hydrogen) atoms. The number of benzene rings is 2. The van der Waals surface area contributed by atoms with Crippen LogP contribution in [0, 0.1) is 5.82 Å². The molecule has 0 aromatic heterocycles. The molecule has 1 atom stereocenters. The molecule has 0 saturated carbocycles. The van der Waals surface area contributed by atoms with E-state index in [0.717, 1.165) is 5.75 Å². The van der Waals surface area contributed by atoms with Gasteiger partial charge in [0, 0.05) is 6.07 Å². The number of carbonyl (C=O) groups excluding carboxylic acids is 1. The molecule has 0 aliphatic rings. The summed E-state index contributed by atoms with van der Waals surface area (Å²) in [6, 6.07) is 12.9. The molecule has 0 heterocycles. The summed E-state index contributed by atoms with van der Waals surface area (Å²) in [4.78, 5) is 12.0. The number of nitrogens with one attached hydrogen (secondary N) is 1. The zero-order chi connectivity index (χ0) is 18.1. The maximum Gasteiger partial charge on any atom is 0.260 e. The number of rotatable bonds is 9. The van der Waals surface area contributed by atoms with Gasteiger partial charge in [0.25, 0.3) is 5.91 Å². The highest BCUT2D eigenvalue weighted by molar-refractivity contribution is 5.80. The lowest BCUT2D eigenvalue weighted by atomic mass is 10.3. The Morgan fingerprint density at radius 1 is 1.08 bits per heavy atom. The van der Waals surface area contributed by atoms with Crippen molar-refractivity contribution in [3.63, 3.8) is 0 Å². The summed E-state index contributed by atoms with van der Waals surface area (Å²) in [6.07, 6.45) is -0.729. The maximum atomic E-state index is 13.1. The first kappa shape index (κ1) is 18.6. The molecule has 2 aromatic rings. The number of carbonyl (C=O) groups is 1. The normalized spacial score (nSPS) is 11.5. The fourth-order valence-electron chi connectivity index (χ4n) is 2.08. The second kappa shape index (κ2) is 9.52. The maximum absolute atomic E-state index is 13.1. The van der Waals surface area contributed by atoms with E-state index in [2.05, 4.69) is 5.32 Å². The first-order valence-corrected chi connectivity index (χ1v) is 8.14. The zero-order valence-corrected chi connectivity index (χ0v) is 14.3. The smallest absolute Gasteiger partial charge is 0.260 e. The Bertz CT molecular complexity index is 675. The molecule has 2 aromatic carbocycles. The van der Waals surface area contributed by atoms with Crippen molar-refractivity contribution in [1.82, 2.24) is 5.32 Å². The summed E-state index contributed by atoms with van der Waals surface area (Å²) < 4.78 is 29.4. The predicted octanol–water partition coefficient (Wildman–Crippen LogP) is 3.19. The Morgan fingerprint density at radius 2 is 1.76 bits per heavy atom. The van der Waals surface area contributed by atoms with Crippen molar-refractivity contribution in [3.05, 3.63) is 54.3 Å². The van der Waals surface area contributed by atoms with Gasteiger partial charge in [-0.1, -0.05) is 6.07 Å². The van der Waals surface area contributed by atoms with Crippen LogP contribution >= 0.6 is 0 Å². The van der Waals surface area contributed by atoms with Crippen LogP contribution in [-0.2, 0) is 4.79 Å². The van der Waals surface area contributed by atoms with E-state index < -0.39 is 11.9 Å². The average Bonchev–Trinajstić information content (AvgIpc) is 2.60. The van der Waals surface area contributed by atoms with Crippen molar-refractivity contribution in [2.45, 2.75) is 20.0 Å². The van der Waals surface area contributed by atoms with Gasteiger partial charge in [-0.05, 0) is 50.2 Å². The third-order valence-corrected chi connectivity index (χ3v) is 3.28. The molecule has 6 heteroatoms. The van der Waals surface area contributed by atoms with E-state index >= 15 is 0 Å². The molecule has 0 aliphatic heterocycles. The Kier molecular flexibility index (Phi) is 7.07. The minimum absolute atomic E-state index is 0.292. The van der Waals surface area contributed by atoms with Crippen LogP contribution in [0.25, 0.3) is 0 Å². The van der Waals surface area contributed by atoms with Crippen LogP contribution in [0.15, 0.2) is 48.5 Å². The molecule has 1 amide bonds. The SMILES string of the molecule is CCOc1ccc(OCCNC(=O)C(C)Oc2cccc(F)c2)cc1. The van der Waals surface area contributed by atoms with Crippen LogP contribution in [0.1, 0.15) is 13.8 Å². The summed E-state index contributed by atoms with van der Waals surface area (Å²) in [6.45, 7) is 4.80. The van der Waals surface area contributed by atoms with E-state index in [-0.39, 0.29) is 5.91 Å². The summed E-state index contributed by atoms with van der Waals surface area (Å²) in [5.41, 5.74) is 0. The third kappa shape index (κ3) is 6.33. The minimum Gasteiger partial charge on any atom is -0.494 e. The quantitative estimate of drug-likeness (QED) is 0.708. The lowest BCUT2D eigenvalue weighted by Gasteiger charge is -2.15. The van der Waals surface area contributed by atoms with Gasteiger partial charge in [0.05, 0.1) is 13.2 Å². The van der Waals surface area contributed by atoms with Crippen molar-refractivity contribution in [2.75, 3.05) is 19.8 Å². The van der Waals surface area contributed by atoms with Gasteiger partial charge in [-0.25, -0.2) is 4.39 Å². The van der Waals surface area contributed by atoms with Gasteiger partial charge in [-0.3, -0.25) is 4.79 Å². The Balaban J connectivity index is 1.69. The van der Waals surface area contributed by atoms with Crippen LogP contribution in [0.2, 0.25) is 0 Å². The van der Waals surface area contributed by atoms with Crippen LogP contribution < -0.4 is 19.5 Å². The highest BCUT2D eigenvalue weighted by atomic mass is 19.1. The van der Waals surface area contributed by atoms with Crippen molar-refractivity contribution in [3.8, 4) is 17.2 Å². The summed E-state index contributed by atoms with van der Waals surface area (Å²) in [7, 11) is 0. The summed E-state index contributed by atoms with van der Waals surface area (Å²) in [5.74, 6) is 1.09. The lowest BCUT2D eigenvalue weighted by Crippen LogP contribution is -2.38. The van der Waals surface area contributed by atoms with E-state index in [1.165, 1.54) is 18.2 Å². The number of amides is 1. The molecular formula is C19H22FNO4. The zero-order valence-electron chi connectivity index (χ0n) is 14.3. The second-order valence-electron chi connectivity index (χ2n) is 5.26. The molecule has 1 unspecified atom stereocenters. The monoisotopic (exact) mass is 347 g/mol. The molecule has 0 aliphatic carbocycles. The Labute approximate surface area is 146 Å². The van der Waals surface area contributed by atoms with Crippen molar-refractivity contribution in [1.29, 1.82) is 0 Å². The van der Waals surface area contributed by atoms with Crippen LogP contribution in [0.4, 0.5) is 4.39 Å². The van der Waals surface area contributed by atoms with E-state index in [9.17, 15) is 9.18 Å². The minimum atomic E-state index is -0.729. The first-order valence-electron chi connectivity index (χ1n) is 8.14. The fourth-order valence-corrected chi connectivity index (χ4v) is 2.08. The van der Waals surface area contributed by atoms with Crippen LogP contribution in [0.3, 0.4) is 0 Å². The van der Waals surface area contributed by atoms with Gasteiger partial charge in [0.1, 0.15) is 29.7 Å². The van der Waals surface area contributed by atoms with Crippen LogP contribution in [-0.4, -0.2) is 31.8 Å². The molecule has 5 nitrogen and oxygen atoms in total. The molecule has 0 bridgehead atoms. The van der Waals surface area contributed by atoms with E-state index in [0.29, 0.717) is 31.3 Å². The average molecular weight is 347 g/mol. The predicted molar refractivity (Wildman–Crippen MR) is 92.6 cm³/mol. The highest BCUT2D eigenvalue weighted by Gasteiger charge is 2.14. The summed E-state index contributed by atoms with van der Waals surface area (Å²) in [5, 5.41) is 2.71. The van der Waals surface area contributed by atoms with Gasteiger partial charge in [-0.2, -0.15) is 0 Å². The Hall–Kier alpha value is -2.76. The number of ether oxygens (including phenoxy) is 3. The number of hydrogen-bond acceptors (Lipinski definition) is 4. The molecule has 134 valence electrons. The van der Waals surface area contributed by atoms with Crippen LogP contribution in [0.5, 0.6) is 17.2 Å². The standard InChI is InChI=1S/C19H22FNO4/c1-3-23-16-7-9-17(10-8-16)24-12-11-21-19(22)14(2)25-18-6-4-5-15(20)13-18/h4-10,13-14H,3,11-12H2,1-2H3,(H,21,22). The van der Waals surface area contributed by atoms with Gasteiger partial charge >= 0.3 is 0 Å². The lowest BCUT2D eigenvalue weighted by molar-refractivity contribution is -0.127. The second-order valence-corrected chi connectivity index (χ2v) is 5.26. The molecule has 0 radical (unpaired) electrons. The third-order valence-electron chi connectivity index (χ3n) is 3.28. The highest BCUT2D eigenvalue weighted by Crippen LogP contribution is 2.17. The van der Waals surface area contributed by atoms with Crippen molar-refractivity contribution < 1.29 is 23.4 Å². The first-order chi connectivity index (χ1) is 12.1. The topological polar surface area (TPSA) is 56.8 Å². The van der Waals surface area contributed by atoms with Gasteiger partial charge in [0.15, 0.2) is 6.10 Å². The fraction of sp³-hybridized carbons (Fsp3) is 0.316. The van der Waals surface area contributed by atoms with E-state index in [1.54, 1.807) is 13.0 Å². The van der Waals surface area contributed by atoms with Crippen molar-refractivity contribution in [2.24, 2.45) is 0 Å². The molecular weight excluding hydrogens is 325 g/mol. The van der Waals surface area contributed by atoms with Gasteiger partial charge < -0.3 is 19.5 Å².